The molecule has 6 nitrogen and oxygen atoms in total. The quantitative estimate of drug-likeness (QED) is 0.855. The molecule has 2 heterocycles. The van der Waals surface area contributed by atoms with Crippen molar-refractivity contribution in [3.63, 3.8) is 0 Å². The maximum absolute atomic E-state index is 12.0. The molecule has 104 valence electrons. The molecule has 0 fully saturated rings. The van der Waals surface area contributed by atoms with Crippen LogP contribution in [0.15, 0.2) is 21.7 Å². The summed E-state index contributed by atoms with van der Waals surface area (Å²) in [6.07, 6.45) is 8.69. The minimum Gasteiger partial charge on any atom is -0.378 e. The molecular weight excluding hydrogens is 322 g/mol. The van der Waals surface area contributed by atoms with E-state index in [0.29, 0.717) is 16.7 Å². The first-order valence-corrected chi connectivity index (χ1v) is 6.74. The second-order valence-electron chi connectivity index (χ2n) is 4.31. The van der Waals surface area contributed by atoms with Gasteiger partial charge in [-0.05, 0) is 22.9 Å². The molecule has 0 amide bonds. The van der Waals surface area contributed by atoms with Gasteiger partial charge in [0.25, 0.3) is 5.56 Å². The average molecular weight is 336 g/mol. The van der Waals surface area contributed by atoms with Gasteiger partial charge in [-0.1, -0.05) is 5.92 Å². The summed E-state index contributed by atoms with van der Waals surface area (Å²) in [6.45, 7) is 2.66. The molecule has 2 aromatic rings. The van der Waals surface area contributed by atoms with Gasteiger partial charge in [0.05, 0.1) is 17.6 Å². The van der Waals surface area contributed by atoms with Crippen molar-refractivity contribution in [3.05, 3.63) is 38.5 Å². The van der Waals surface area contributed by atoms with Gasteiger partial charge in [0.1, 0.15) is 11.0 Å². The number of anilines is 1. The Hall–Kier alpha value is -2.07. The monoisotopic (exact) mass is 335 g/mol. The van der Waals surface area contributed by atoms with Gasteiger partial charge in [0, 0.05) is 25.4 Å². The Morgan fingerprint density at radius 2 is 2.30 bits per heavy atom. The van der Waals surface area contributed by atoms with Gasteiger partial charge in [-0.15, -0.1) is 6.42 Å². The maximum atomic E-state index is 12.0. The molecule has 0 spiro atoms. The fourth-order valence-corrected chi connectivity index (χ4v) is 2.25. The van der Waals surface area contributed by atoms with Crippen LogP contribution in [0.1, 0.15) is 11.3 Å². The molecule has 2 aromatic heterocycles. The van der Waals surface area contributed by atoms with Crippen molar-refractivity contribution < 1.29 is 0 Å². The van der Waals surface area contributed by atoms with E-state index in [-0.39, 0.29) is 12.1 Å². The lowest BCUT2D eigenvalue weighted by molar-refractivity contribution is 0.659. The number of hydrogen-bond acceptors (Lipinski definition) is 4. The number of halogens is 1. The van der Waals surface area contributed by atoms with Gasteiger partial charge >= 0.3 is 0 Å². The fraction of sp³-hybridized carbons (Fsp3) is 0.308. The molecule has 1 N–H and O–H groups in total. The fourth-order valence-electron chi connectivity index (χ4n) is 1.80. The topological polar surface area (TPSA) is 64.7 Å². The zero-order valence-corrected chi connectivity index (χ0v) is 12.8. The van der Waals surface area contributed by atoms with Crippen LogP contribution in [0, 0.1) is 19.3 Å². The molecular formula is C13H14BrN5O. The highest BCUT2D eigenvalue weighted by Crippen LogP contribution is 2.17. The number of aromatic nitrogens is 4. The van der Waals surface area contributed by atoms with Crippen LogP contribution in [0.5, 0.6) is 0 Å². The Morgan fingerprint density at radius 1 is 1.55 bits per heavy atom. The van der Waals surface area contributed by atoms with E-state index in [2.05, 4.69) is 37.4 Å². The molecule has 2 rings (SSSR count). The summed E-state index contributed by atoms with van der Waals surface area (Å²) in [5.74, 6) is 2.39. The number of nitrogens with zero attached hydrogens (tertiary/aromatic N) is 4. The van der Waals surface area contributed by atoms with E-state index < -0.39 is 0 Å². The average Bonchev–Trinajstić information content (AvgIpc) is 2.73. The third-order valence-electron chi connectivity index (χ3n) is 2.81. The molecule has 0 aliphatic carbocycles. The second-order valence-corrected chi connectivity index (χ2v) is 5.10. The minimum absolute atomic E-state index is 0.152. The molecule has 0 saturated heterocycles. The van der Waals surface area contributed by atoms with Gasteiger partial charge in [-0.25, -0.2) is 4.68 Å². The van der Waals surface area contributed by atoms with E-state index >= 15 is 0 Å². The summed E-state index contributed by atoms with van der Waals surface area (Å²) in [5.41, 5.74) is 2.39. The standard InChI is InChI=1S/C13H14BrN5O/c1-4-5-19-13(20)12(14)11(7-16-19)15-6-10-8-18(3)17-9(10)2/h1,7-8,15H,5-6H2,2-3H3. The summed E-state index contributed by atoms with van der Waals surface area (Å²) >= 11 is 3.27. The normalized spacial score (nSPS) is 10.3. The highest BCUT2D eigenvalue weighted by atomic mass is 79.9. The second kappa shape index (κ2) is 5.92. The van der Waals surface area contributed by atoms with Gasteiger partial charge in [-0.2, -0.15) is 10.2 Å². The lowest BCUT2D eigenvalue weighted by atomic mass is 10.2. The Bertz CT molecular complexity index is 725. The van der Waals surface area contributed by atoms with Crippen molar-refractivity contribution >= 4 is 21.6 Å². The van der Waals surface area contributed by atoms with E-state index in [1.54, 1.807) is 10.9 Å². The Balaban J connectivity index is 2.19. The van der Waals surface area contributed by atoms with Crippen LogP contribution in [-0.4, -0.2) is 19.6 Å². The Kier molecular flexibility index (Phi) is 4.25. The lowest BCUT2D eigenvalue weighted by Crippen LogP contribution is -2.24. The number of terminal acetylenes is 1. The van der Waals surface area contributed by atoms with Crippen molar-refractivity contribution in [3.8, 4) is 12.3 Å². The molecule has 0 bridgehead atoms. The maximum Gasteiger partial charge on any atom is 0.284 e. The molecule has 0 aliphatic rings. The van der Waals surface area contributed by atoms with Crippen molar-refractivity contribution in [2.24, 2.45) is 7.05 Å². The summed E-state index contributed by atoms with van der Waals surface area (Å²) in [4.78, 5) is 12.0. The summed E-state index contributed by atoms with van der Waals surface area (Å²) < 4.78 is 3.40. The van der Waals surface area contributed by atoms with Gasteiger partial charge < -0.3 is 5.32 Å². The van der Waals surface area contributed by atoms with E-state index in [4.69, 9.17) is 6.42 Å². The summed E-state index contributed by atoms with van der Waals surface area (Å²) in [6, 6.07) is 0. The third-order valence-corrected chi connectivity index (χ3v) is 3.58. The van der Waals surface area contributed by atoms with Crippen molar-refractivity contribution in [1.82, 2.24) is 19.6 Å². The Morgan fingerprint density at radius 3 is 2.90 bits per heavy atom. The molecule has 7 heteroatoms. The number of nitrogens with one attached hydrogen (secondary N) is 1. The molecule has 0 unspecified atom stereocenters. The van der Waals surface area contributed by atoms with E-state index in [9.17, 15) is 4.79 Å². The molecule has 20 heavy (non-hydrogen) atoms. The smallest absolute Gasteiger partial charge is 0.284 e. The first kappa shape index (κ1) is 14.3. The van der Waals surface area contributed by atoms with Crippen LogP contribution in [0.4, 0.5) is 5.69 Å². The minimum atomic E-state index is -0.254. The van der Waals surface area contributed by atoms with Crippen LogP contribution < -0.4 is 10.9 Å². The molecule has 0 radical (unpaired) electrons. The van der Waals surface area contributed by atoms with Crippen molar-refractivity contribution in [2.75, 3.05) is 5.32 Å². The lowest BCUT2D eigenvalue weighted by Gasteiger charge is -2.08. The molecule has 0 atom stereocenters. The van der Waals surface area contributed by atoms with Crippen molar-refractivity contribution in [2.45, 2.75) is 20.0 Å². The highest BCUT2D eigenvalue weighted by molar-refractivity contribution is 9.10. The van der Waals surface area contributed by atoms with Crippen LogP contribution in [-0.2, 0) is 20.1 Å². The number of aryl methyl sites for hydroxylation is 2. The Labute approximate surface area is 124 Å². The van der Waals surface area contributed by atoms with Gasteiger partial charge in [0.15, 0.2) is 0 Å². The SMILES string of the molecule is C#CCn1ncc(NCc2cn(C)nc2C)c(Br)c1=O. The molecule has 0 saturated carbocycles. The van der Waals surface area contributed by atoms with Crippen LogP contribution in [0.25, 0.3) is 0 Å². The summed E-state index contributed by atoms with van der Waals surface area (Å²) in [7, 11) is 1.87. The summed E-state index contributed by atoms with van der Waals surface area (Å²) in [5, 5.41) is 11.4. The van der Waals surface area contributed by atoms with Crippen LogP contribution in [0.3, 0.4) is 0 Å². The predicted molar refractivity (Wildman–Crippen MR) is 80.3 cm³/mol. The first-order chi connectivity index (χ1) is 9.52. The zero-order chi connectivity index (χ0) is 14.7. The molecule has 0 aromatic carbocycles. The van der Waals surface area contributed by atoms with E-state index in [0.717, 1.165) is 11.3 Å². The van der Waals surface area contributed by atoms with Crippen molar-refractivity contribution in [1.29, 1.82) is 0 Å². The third kappa shape index (κ3) is 2.91. The highest BCUT2D eigenvalue weighted by Gasteiger charge is 2.09. The van der Waals surface area contributed by atoms with E-state index in [1.165, 1.54) is 4.68 Å². The number of hydrogen-bond donors (Lipinski definition) is 1. The largest absolute Gasteiger partial charge is 0.378 e. The van der Waals surface area contributed by atoms with Crippen LogP contribution >= 0.6 is 15.9 Å². The van der Waals surface area contributed by atoms with E-state index in [1.807, 2.05) is 20.2 Å². The first-order valence-electron chi connectivity index (χ1n) is 5.95. The van der Waals surface area contributed by atoms with Gasteiger partial charge in [-0.3, -0.25) is 9.48 Å². The van der Waals surface area contributed by atoms with Crippen LogP contribution in [0.2, 0.25) is 0 Å². The van der Waals surface area contributed by atoms with Gasteiger partial charge in [0.2, 0.25) is 0 Å². The zero-order valence-electron chi connectivity index (χ0n) is 11.2. The molecule has 0 aliphatic heterocycles. The predicted octanol–water partition coefficient (Wildman–Crippen LogP) is 1.29. The number of rotatable bonds is 4.